The first-order valence-electron chi connectivity index (χ1n) is 8.48. The van der Waals surface area contributed by atoms with Gasteiger partial charge in [0.05, 0.1) is 15.7 Å². The van der Waals surface area contributed by atoms with Crippen molar-refractivity contribution in [3.8, 4) is 17.2 Å². The molecule has 9 nitrogen and oxygen atoms in total. The van der Waals surface area contributed by atoms with E-state index >= 15 is 0 Å². The molecule has 29 heavy (non-hydrogen) atoms. The van der Waals surface area contributed by atoms with Gasteiger partial charge >= 0.3 is 5.69 Å². The summed E-state index contributed by atoms with van der Waals surface area (Å²) < 4.78 is 6.72. The van der Waals surface area contributed by atoms with Gasteiger partial charge in [0, 0.05) is 17.3 Å². The minimum absolute atomic E-state index is 0.0146. The average Bonchev–Trinajstić information content (AvgIpc) is 2.62. The van der Waals surface area contributed by atoms with E-state index in [9.17, 15) is 14.4 Å². The highest BCUT2D eigenvalue weighted by Crippen LogP contribution is 2.39. The van der Waals surface area contributed by atoms with Crippen LogP contribution in [-0.2, 0) is 0 Å². The predicted molar refractivity (Wildman–Crippen MR) is 111 cm³/mol. The maximum absolute atomic E-state index is 12.1. The summed E-state index contributed by atoms with van der Waals surface area (Å²) in [5.74, 6) is 0.113. The molecule has 3 rings (SSSR count). The number of aromatic amines is 2. The number of pyridine rings is 1. The lowest BCUT2D eigenvalue weighted by atomic mass is 10.00. The van der Waals surface area contributed by atoms with Crippen molar-refractivity contribution in [2.45, 2.75) is 26.7 Å². The fraction of sp³-hybridized carbons (Fsp3) is 0.222. The number of rotatable bonds is 4. The summed E-state index contributed by atoms with van der Waals surface area (Å²) in [5, 5.41) is 3.91. The Morgan fingerprint density at radius 1 is 1.14 bits per heavy atom. The highest BCUT2D eigenvalue weighted by molar-refractivity contribution is 6.37. The molecule has 0 atom stereocenters. The van der Waals surface area contributed by atoms with Crippen LogP contribution < -0.4 is 27.3 Å². The Labute approximate surface area is 174 Å². The van der Waals surface area contributed by atoms with Crippen LogP contribution in [0.2, 0.25) is 10.0 Å². The SMILES string of the molecule is Cc1c(Oc2c(Cl)cc(-n3nc(N)c(=O)[nH]c3=O)cc2Cl)c[nH]c(=O)c1C(C)C. The summed E-state index contributed by atoms with van der Waals surface area (Å²) in [5.41, 5.74) is 5.11. The quantitative estimate of drug-likeness (QED) is 0.573. The van der Waals surface area contributed by atoms with E-state index in [0.29, 0.717) is 16.9 Å². The Hall–Kier alpha value is -3.04. The van der Waals surface area contributed by atoms with E-state index < -0.39 is 11.2 Å². The third-order valence-electron chi connectivity index (χ3n) is 4.22. The molecule has 152 valence electrons. The molecule has 0 aliphatic rings. The molecule has 0 unspecified atom stereocenters. The molecule has 1 aromatic carbocycles. The molecule has 3 aromatic rings. The summed E-state index contributed by atoms with van der Waals surface area (Å²) in [7, 11) is 0. The van der Waals surface area contributed by atoms with Crippen molar-refractivity contribution >= 4 is 29.0 Å². The van der Waals surface area contributed by atoms with E-state index in [0.717, 1.165) is 4.68 Å². The smallest absolute Gasteiger partial charge is 0.349 e. The third-order valence-corrected chi connectivity index (χ3v) is 4.78. The monoisotopic (exact) mass is 437 g/mol. The number of halogens is 2. The molecule has 0 spiro atoms. The first-order chi connectivity index (χ1) is 13.6. The minimum atomic E-state index is -0.803. The Balaban J connectivity index is 2.08. The van der Waals surface area contributed by atoms with Crippen molar-refractivity contribution in [3.05, 3.63) is 70.7 Å². The molecule has 0 bridgehead atoms. The summed E-state index contributed by atoms with van der Waals surface area (Å²) in [4.78, 5) is 40.1. The highest BCUT2D eigenvalue weighted by Gasteiger charge is 2.18. The Bertz CT molecular complexity index is 1250. The van der Waals surface area contributed by atoms with Crippen molar-refractivity contribution in [1.82, 2.24) is 19.7 Å². The molecule has 11 heteroatoms. The van der Waals surface area contributed by atoms with Gasteiger partial charge in [-0.1, -0.05) is 37.0 Å². The third kappa shape index (κ3) is 3.92. The Kier molecular flexibility index (Phi) is 5.54. The molecule has 0 amide bonds. The molecule has 0 saturated heterocycles. The fourth-order valence-corrected chi connectivity index (χ4v) is 3.44. The number of benzene rings is 1. The van der Waals surface area contributed by atoms with E-state index in [4.69, 9.17) is 33.7 Å². The average molecular weight is 438 g/mol. The second-order valence-electron chi connectivity index (χ2n) is 6.57. The topological polar surface area (TPSA) is 136 Å². The fourth-order valence-electron chi connectivity index (χ4n) is 2.89. The molecule has 0 fully saturated rings. The van der Waals surface area contributed by atoms with Gasteiger partial charge in [0.15, 0.2) is 5.75 Å². The standard InChI is InChI=1S/C18H17Cl2N5O4/c1-7(2)13-8(3)12(6-22-16(13)26)29-14-10(19)4-9(5-11(14)20)25-18(28)23-17(27)15(21)24-25/h4-7H,1-3H3,(H2,21,24)(H,22,26)(H,23,27,28). The Morgan fingerprint density at radius 2 is 1.76 bits per heavy atom. The van der Waals surface area contributed by atoms with Crippen molar-refractivity contribution in [2.24, 2.45) is 0 Å². The van der Waals surface area contributed by atoms with Crippen LogP contribution >= 0.6 is 23.2 Å². The van der Waals surface area contributed by atoms with E-state index in [1.54, 1.807) is 6.92 Å². The molecule has 0 radical (unpaired) electrons. The lowest BCUT2D eigenvalue weighted by Gasteiger charge is -2.16. The number of H-pyrrole nitrogens is 2. The van der Waals surface area contributed by atoms with Crippen molar-refractivity contribution in [2.75, 3.05) is 5.73 Å². The number of nitrogens with one attached hydrogen (secondary N) is 2. The minimum Gasteiger partial charge on any atom is -0.452 e. The molecule has 2 heterocycles. The van der Waals surface area contributed by atoms with Crippen LogP contribution in [0.25, 0.3) is 5.69 Å². The molecule has 0 aliphatic carbocycles. The van der Waals surface area contributed by atoms with E-state index in [1.165, 1.54) is 18.3 Å². The van der Waals surface area contributed by atoms with Gasteiger partial charge in [-0.15, -0.1) is 5.10 Å². The largest absolute Gasteiger partial charge is 0.452 e. The molecule has 0 saturated carbocycles. The van der Waals surface area contributed by atoms with Crippen molar-refractivity contribution < 1.29 is 4.74 Å². The summed E-state index contributed by atoms with van der Waals surface area (Å²) in [6, 6.07) is 2.78. The maximum atomic E-state index is 12.1. The van der Waals surface area contributed by atoms with Gasteiger partial charge in [-0.3, -0.25) is 14.6 Å². The van der Waals surface area contributed by atoms with Gasteiger partial charge in [0.1, 0.15) is 5.75 Å². The summed E-state index contributed by atoms with van der Waals surface area (Å²) in [6.45, 7) is 5.57. The first-order valence-corrected chi connectivity index (χ1v) is 9.24. The second kappa shape index (κ2) is 7.76. The highest BCUT2D eigenvalue weighted by atomic mass is 35.5. The van der Waals surface area contributed by atoms with Crippen LogP contribution in [0.5, 0.6) is 11.5 Å². The molecule has 0 aliphatic heterocycles. The number of nitrogens with two attached hydrogens (primary N) is 1. The van der Waals surface area contributed by atoms with Crippen LogP contribution in [0.1, 0.15) is 30.9 Å². The van der Waals surface area contributed by atoms with E-state index in [1.807, 2.05) is 18.8 Å². The number of anilines is 1. The summed E-state index contributed by atoms with van der Waals surface area (Å²) in [6.07, 6.45) is 1.43. The van der Waals surface area contributed by atoms with Gasteiger partial charge < -0.3 is 15.5 Å². The normalized spacial score (nSPS) is 11.1. The van der Waals surface area contributed by atoms with Gasteiger partial charge in [-0.05, 0) is 25.0 Å². The number of hydrogen-bond donors (Lipinski definition) is 3. The van der Waals surface area contributed by atoms with Crippen LogP contribution in [0.15, 0.2) is 32.7 Å². The zero-order chi connectivity index (χ0) is 21.5. The van der Waals surface area contributed by atoms with Crippen molar-refractivity contribution in [3.63, 3.8) is 0 Å². The second-order valence-corrected chi connectivity index (χ2v) is 7.39. The number of nitrogen functional groups attached to an aromatic ring is 1. The van der Waals surface area contributed by atoms with Gasteiger partial charge in [-0.2, -0.15) is 4.68 Å². The zero-order valence-electron chi connectivity index (χ0n) is 15.7. The van der Waals surface area contributed by atoms with Gasteiger partial charge in [-0.25, -0.2) is 4.79 Å². The van der Waals surface area contributed by atoms with Crippen molar-refractivity contribution in [1.29, 1.82) is 0 Å². The number of nitrogens with zero attached hydrogens (tertiary/aromatic N) is 2. The lowest BCUT2D eigenvalue weighted by molar-refractivity contribution is 0.474. The number of ether oxygens (including phenoxy) is 1. The predicted octanol–water partition coefficient (Wildman–Crippen LogP) is 2.72. The van der Waals surface area contributed by atoms with Crippen LogP contribution in [0, 0.1) is 6.92 Å². The maximum Gasteiger partial charge on any atom is 0.349 e. The first kappa shape index (κ1) is 20.7. The van der Waals surface area contributed by atoms with Gasteiger partial charge in [0.2, 0.25) is 5.82 Å². The Morgan fingerprint density at radius 3 is 2.34 bits per heavy atom. The summed E-state index contributed by atoms with van der Waals surface area (Å²) >= 11 is 12.6. The number of aromatic nitrogens is 4. The molecular weight excluding hydrogens is 421 g/mol. The number of hydrogen-bond acceptors (Lipinski definition) is 6. The van der Waals surface area contributed by atoms with Crippen LogP contribution in [0.4, 0.5) is 5.82 Å². The molecule has 4 N–H and O–H groups in total. The zero-order valence-corrected chi connectivity index (χ0v) is 17.2. The lowest BCUT2D eigenvalue weighted by Crippen LogP contribution is -2.33. The van der Waals surface area contributed by atoms with Gasteiger partial charge in [0.25, 0.3) is 11.1 Å². The molecule has 2 aromatic heterocycles. The van der Waals surface area contributed by atoms with E-state index in [-0.39, 0.29) is 38.8 Å². The molecular formula is C18H17Cl2N5O4. The van der Waals surface area contributed by atoms with E-state index in [2.05, 4.69) is 10.1 Å². The van der Waals surface area contributed by atoms with Crippen LogP contribution in [-0.4, -0.2) is 19.7 Å². The van der Waals surface area contributed by atoms with Crippen LogP contribution in [0.3, 0.4) is 0 Å².